The van der Waals surface area contributed by atoms with E-state index in [1.165, 1.54) is 0 Å². The van der Waals surface area contributed by atoms with Crippen LogP contribution in [-0.2, 0) is 9.59 Å². The van der Waals surface area contributed by atoms with E-state index in [0.29, 0.717) is 11.0 Å². The van der Waals surface area contributed by atoms with Crippen LogP contribution < -0.4 is 10.6 Å². The summed E-state index contributed by atoms with van der Waals surface area (Å²) in [6.45, 7) is 10.8. The molecular formula is C11H20Cl2N2O2S. The van der Waals surface area contributed by atoms with Crippen LogP contribution in [0.5, 0.6) is 0 Å². The summed E-state index contributed by atoms with van der Waals surface area (Å²) in [5.74, 6) is -1.25. The molecule has 0 spiro atoms. The zero-order chi connectivity index (χ0) is 14.8. The maximum atomic E-state index is 12.0. The topological polar surface area (TPSA) is 58.2 Å². The minimum absolute atomic E-state index is 0.483. The van der Waals surface area contributed by atoms with Gasteiger partial charge in [0.25, 0.3) is 16.0 Å². The SMILES string of the molecule is CC(C)(C)NC(=O)C(Cl)(SCl)C(=O)NC(C)(C)C. The number of carbonyl (C=O) groups excluding carboxylic acids is 2. The summed E-state index contributed by atoms with van der Waals surface area (Å²) in [5, 5.41) is 5.28. The smallest absolute Gasteiger partial charge is 0.262 e. The third-order valence-corrected chi connectivity index (χ3v) is 3.76. The first-order chi connectivity index (χ1) is 7.82. The molecule has 0 aromatic rings. The van der Waals surface area contributed by atoms with Crippen molar-refractivity contribution in [1.82, 2.24) is 10.6 Å². The Morgan fingerprint density at radius 1 is 0.889 bits per heavy atom. The summed E-state index contributed by atoms with van der Waals surface area (Å²) in [5.41, 5.74) is -0.988. The van der Waals surface area contributed by atoms with E-state index in [4.69, 9.17) is 22.3 Å². The fourth-order valence-corrected chi connectivity index (χ4v) is 1.77. The maximum absolute atomic E-state index is 12.0. The van der Waals surface area contributed by atoms with Gasteiger partial charge < -0.3 is 10.6 Å². The molecule has 4 nitrogen and oxygen atoms in total. The van der Waals surface area contributed by atoms with Crippen LogP contribution in [0.3, 0.4) is 0 Å². The third-order valence-electron chi connectivity index (χ3n) is 1.67. The Kier molecular flexibility index (Phi) is 5.84. The van der Waals surface area contributed by atoms with Crippen LogP contribution in [0.25, 0.3) is 0 Å². The number of carbonyl (C=O) groups is 2. The molecule has 0 aliphatic rings. The third kappa shape index (κ3) is 5.67. The number of rotatable bonds is 3. The number of amides is 2. The fourth-order valence-electron chi connectivity index (χ4n) is 1.02. The molecule has 0 atom stereocenters. The lowest BCUT2D eigenvalue weighted by Crippen LogP contribution is -2.57. The van der Waals surface area contributed by atoms with Crippen LogP contribution in [0.4, 0.5) is 0 Å². The van der Waals surface area contributed by atoms with E-state index in [1.807, 2.05) is 0 Å². The zero-order valence-electron chi connectivity index (χ0n) is 11.5. The van der Waals surface area contributed by atoms with E-state index < -0.39 is 27.1 Å². The van der Waals surface area contributed by atoms with Gasteiger partial charge in [-0.3, -0.25) is 9.59 Å². The van der Waals surface area contributed by atoms with E-state index >= 15 is 0 Å². The van der Waals surface area contributed by atoms with Gasteiger partial charge in [-0.25, -0.2) is 0 Å². The van der Waals surface area contributed by atoms with Gasteiger partial charge in [-0.15, -0.1) is 0 Å². The highest BCUT2D eigenvalue weighted by atomic mass is 35.7. The van der Waals surface area contributed by atoms with Gasteiger partial charge in [0.15, 0.2) is 0 Å². The van der Waals surface area contributed by atoms with Gasteiger partial charge in [0.2, 0.25) is 0 Å². The predicted molar refractivity (Wildman–Crippen MR) is 77.8 cm³/mol. The Labute approximate surface area is 122 Å². The van der Waals surface area contributed by atoms with Crippen LogP contribution in [0.15, 0.2) is 0 Å². The summed E-state index contributed by atoms with van der Waals surface area (Å²) in [4.78, 5) is 24.1. The van der Waals surface area contributed by atoms with Crippen molar-refractivity contribution in [3.05, 3.63) is 0 Å². The van der Waals surface area contributed by atoms with Gasteiger partial charge in [-0.05, 0) is 63.2 Å². The number of nitrogens with one attached hydrogen (secondary N) is 2. The molecule has 2 N–H and O–H groups in total. The van der Waals surface area contributed by atoms with Crippen LogP contribution >= 0.6 is 33.3 Å². The first-order valence-corrected chi connectivity index (χ1v) is 7.48. The quantitative estimate of drug-likeness (QED) is 0.622. The molecule has 0 radical (unpaired) electrons. The molecule has 0 aliphatic heterocycles. The Balaban J connectivity index is 5.01. The van der Waals surface area contributed by atoms with Gasteiger partial charge in [0.1, 0.15) is 0 Å². The van der Waals surface area contributed by atoms with Crippen molar-refractivity contribution in [2.75, 3.05) is 0 Å². The van der Waals surface area contributed by atoms with Gasteiger partial charge in [-0.1, -0.05) is 11.6 Å². The summed E-state index contributed by atoms with van der Waals surface area (Å²) < 4.78 is -1.87. The van der Waals surface area contributed by atoms with Gasteiger partial charge in [0.05, 0.1) is 0 Å². The highest BCUT2D eigenvalue weighted by molar-refractivity contribution is 8.24. The normalized spacial score (nSPS) is 13.1. The molecule has 106 valence electrons. The van der Waals surface area contributed by atoms with Crippen LogP contribution in [-0.4, -0.2) is 27.1 Å². The first kappa shape index (κ1) is 17.9. The summed E-state index contributed by atoms with van der Waals surface area (Å²) in [6, 6.07) is 0. The van der Waals surface area contributed by atoms with Crippen molar-refractivity contribution < 1.29 is 9.59 Å². The summed E-state index contributed by atoms with van der Waals surface area (Å²) in [6.07, 6.45) is 0. The van der Waals surface area contributed by atoms with E-state index in [1.54, 1.807) is 41.5 Å². The number of hydrogen-bond donors (Lipinski definition) is 2. The lowest BCUT2D eigenvalue weighted by atomic mass is 10.1. The molecule has 0 heterocycles. The van der Waals surface area contributed by atoms with E-state index in [9.17, 15) is 9.59 Å². The van der Waals surface area contributed by atoms with E-state index in [-0.39, 0.29) is 0 Å². The molecule has 0 rings (SSSR count). The largest absolute Gasteiger partial charge is 0.349 e. The second-order valence-electron chi connectivity index (χ2n) is 6.08. The van der Waals surface area contributed by atoms with Crippen molar-refractivity contribution in [3.63, 3.8) is 0 Å². The van der Waals surface area contributed by atoms with Crippen molar-refractivity contribution in [2.45, 2.75) is 56.8 Å². The molecule has 0 fully saturated rings. The van der Waals surface area contributed by atoms with Crippen LogP contribution in [0.2, 0.25) is 0 Å². The second kappa shape index (κ2) is 5.88. The Bertz CT molecular complexity index is 307. The number of alkyl halides is 1. The minimum Gasteiger partial charge on any atom is -0.349 e. The zero-order valence-corrected chi connectivity index (χ0v) is 13.8. The summed E-state index contributed by atoms with van der Waals surface area (Å²) in [7, 11) is 6.10. The van der Waals surface area contributed by atoms with Gasteiger partial charge in [-0.2, -0.15) is 0 Å². The molecule has 0 bridgehead atoms. The Hall–Kier alpha value is -0.130. The standard InChI is InChI=1S/C11H20Cl2N2O2S/c1-9(2,3)14-7(16)11(12,18-13)8(17)15-10(4,5)6/h1-6H3,(H,14,16)(H,15,17). The Morgan fingerprint density at radius 2 is 1.17 bits per heavy atom. The molecule has 0 aliphatic carbocycles. The molecule has 0 aromatic carbocycles. The number of hydrogen-bond acceptors (Lipinski definition) is 3. The van der Waals surface area contributed by atoms with E-state index in [0.717, 1.165) is 0 Å². The lowest BCUT2D eigenvalue weighted by Gasteiger charge is -2.30. The van der Waals surface area contributed by atoms with Gasteiger partial charge in [0, 0.05) is 11.1 Å². The highest BCUT2D eigenvalue weighted by Crippen LogP contribution is 2.35. The molecule has 18 heavy (non-hydrogen) atoms. The lowest BCUT2D eigenvalue weighted by molar-refractivity contribution is -0.131. The molecule has 0 unspecified atom stereocenters. The molecule has 7 heteroatoms. The van der Waals surface area contributed by atoms with E-state index in [2.05, 4.69) is 10.6 Å². The number of halogens is 2. The summed E-state index contributed by atoms with van der Waals surface area (Å²) >= 11 is 6.04. The van der Waals surface area contributed by atoms with Crippen molar-refractivity contribution in [2.24, 2.45) is 0 Å². The molecular weight excluding hydrogens is 295 g/mol. The average Bonchev–Trinajstić information content (AvgIpc) is 2.10. The van der Waals surface area contributed by atoms with Gasteiger partial charge >= 0.3 is 0 Å². The molecule has 0 saturated carbocycles. The maximum Gasteiger partial charge on any atom is 0.262 e. The first-order valence-electron chi connectivity index (χ1n) is 5.46. The molecule has 2 amide bonds. The fraction of sp³-hybridized carbons (Fsp3) is 0.818. The second-order valence-corrected chi connectivity index (χ2v) is 8.10. The van der Waals surface area contributed by atoms with Crippen molar-refractivity contribution in [3.8, 4) is 0 Å². The average molecular weight is 315 g/mol. The van der Waals surface area contributed by atoms with Crippen molar-refractivity contribution >= 4 is 45.1 Å². The highest BCUT2D eigenvalue weighted by Gasteiger charge is 2.47. The monoisotopic (exact) mass is 314 g/mol. The molecule has 0 aromatic heterocycles. The van der Waals surface area contributed by atoms with Crippen molar-refractivity contribution in [1.29, 1.82) is 0 Å². The molecule has 0 saturated heterocycles. The predicted octanol–water partition coefficient (Wildman–Crippen LogP) is 2.64. The Morgan fingerprint density at radius 3 is 1.33 bits per heavy atom. The minimum atomic E-state index is -1.87. The van der Waals surface area contributed by atoms with Crippen LogP contribution in [0.1, 0.15) is 41.5 Å². The van der Waals surface area contributed by atoms with Crippen LogP contribution in [0, 0.1) is 0 Å².